The number of H-pyrrole nitrogens is 1. The van der Waals surface area contributed by atoms with E-state index in [-0.39, 0.29) is 17.1 Å². The Balaban J connectivity index is 1.62. The van der Waals surface area contributed by atoms with Crippen molar-refractivity contribution in [3.05, 3.63) is 58.4 Å². The highest BCUT2D eigenvalue weighted by Gasteiger charge is 2.44. The third-order valence-electron chi connectivity index (χ3n) is 7.74. The van der Waals surface area contributed by atoms with E-state index in [9.17, 15) is 15.2 Å². The van der Waals surface area contributed by atoms with E-state index in [2.05, 4.69) is 40.7 Å². The fraction of sp³-hybridized carbons (Fsp3) is 0.414. The van der Waals surface area contributed by atoms with Crippen LogP contribution >= 0.6 is 0 Å². The highest BCUT2D eigenvalue weighted by molar-refractivity contribution is 6.13. The molecular weight excluding hydrogens is 478 g/mol. The van der Waals surface area contributed by atoms with E-state index in [0.717, 1.165) is 57.2 Å². The van der Waals surface area contributed by atoms with Gasteiger partial charge in [0.15, 0.2) is 0 Å². The number of fused-ring (bicyclic) bond motifs is 3. The largest absolute Gasteiger partial charge is 0.389 e. The minimum Gasteiger partial charge on any atom is -0.389 e. The molecule has 1 fully saturated rings. The monoisotopic (exact) mass is 511 g/mol. The first-order chi connectivity index (χ1) is 18.0. The zero-order valence-corrected chi connectivity index (χ0v) is 22.5. The number of imidazole rings is 1. The molecule has 1 aliphatic carbocycles. The number of aliphatic hydroxyl groups is 1. The van der Waals surface area contributed by atoms with Gasteiger partial charge in [0.05, 0.1) is 51.9 Å². The maximum atomic E-state index is 13.3. The van der Waals surface area contributed by atoms with Crippen LogP contribution in [0.3, 0.4) is 0 Å². The molecule has 0 bridgehead atoms. The van der Waals surface area contributed by atoms with Gasteiger partial charge >= 0.3 is 5.69 Å². The average molecular weight is 512 g/mol. The number of hydrogen-bond acceptors (Lipinski definition) is 6. The maximum Gasteiger partial charge on any atom is 0.329 e. The average Bonchev–Trinajstić information content (AvgIpc) is 3.25. The lowest BCUT2D eigenvalue weighted by molar-refractivity contribution is 0.0410. The van der Waals surface area contributed by atoms with E-state index < -0.39 is 5.60 Å². The van der Waals surface area contributed by atoms with Gasteiger partial charge in [-0.3, -0.25) is 9.13 Å². The summed E-state index contributed by atoms with van der Waals surface area (Å²) in [6.07, 6.45) is 5.57. The van der Waals surface area contributed by atoms with E-state index >= 15 is 0 Å². The number of nitrogens with zero attached hydrogens (tertiary/aromatic N) is 5. The van der Waals surface area contributed by atoms with Crippen molar-refractivity contribution in [1.29, 1.82) is 5.26 Å². The summed E-state index contributed by atoms with van der Waals surface area (Å²) in [5.41, 5.74) is 9.38. The Hall–Kier alpha value is -3.87. The number of nitrogens with one attached hydrogen (secondary N) is 2. The van der Waals surface area contributed by atoms with E-state index in [1.54, 1.807) is 31.7 Å². The van der Waals surface area contributed by atoms with E-state index in [1.807, 2.05) is 29.6 Å². The Morgan fingerprint density at radius 1 is 1.24 bits per heavy atom. The third-order valence-corrected chi connectivity index (χ3v) is 7.74. The minimum atomic E-state index is -0.858. The molecule has 9 heteroatoms. The standard InChI is InChI=1S/C29H33N7O2/c1-17(2)36-25-21(34(5)27(36)37)13-31-26-23(25)22(18-6-8-20(9-7-18)29(15-30)10-11-29)24(33-26)19-12-32-35(14-19)16-28(3,4)38/h6-9,13-14,17,32,38H,10-12,16H2,1-5H3,(H,31,33). The van der Waals surface area contributed by atoms with Crippen molar-refractivity contribution >= 4 is 27.6 Å². The van der Waals surface area contributed by atoms with Crippen LogP contribution in [0.5, 0.6) is 0 Å². The van der Waals surface area contributed by atoms with Gasteiger partial charge in [-0.1, -0.05) is 24.3 Å². The first kappa shape index (κ1) is 24.5. The van der Waals surface area contributed by atoms with Crippen molar-refractivity contribution in [2.75, 3.05) is 13.1 Å². The van der Waals surface area contributed by atoms with Gasteiger partial charge in [0.2, 0.25) is 0 Å². The minimum absolute atomic E-state index is 0.0367. The number of rotatable bonds is 6. The zero-order valence-electron chi connectivity index (χ0n) is 22.5. The summed E-state index contributed by atoms with van der Waals surface area (Å²) in [5, 5.41) is 22.8. The van der Waals surface area contributed by atoms with Gasteiger partial charge in [-0.2, -0.15) is 5.26 Å². The van der Waals surface area contributed by atoms with Crippen LogP contribution in [0, 0.1) is 11.3 Å². The fourth-order valence-electron chi connectivity index (χ4n) is 5.67. The van der Waals surface area contributed by atoms with Crippen LogP contribution in [0.4, 0.5) is 0 Å². The van der Waals surface area contributed by atoms with Crippen LogP contribution in [0.1, 0.15) is 57.8 Å². The van der Waals surface area contributed by atoms with Crippen molar-refractivity contribution in [2.24, 2.45) is 7.05 Å². The van der Waals surface area contributed by atoms with E-state index in [1.165, 1.54) is 0 Å². The molecule has 38 heavy (non-hydrogen) atoms. The molecule has 0 amide bonds. The lowest BCUT2D eigenvalue weighted by atomic mass is 9.93. The molecule has 0 radical (unpaired) electrons. The number of nitriles is 1. The van der Waals surface area contributed by atoms with Crippen molar-refractivity contribution in [3.8, 4) is 17.2 Å². The quantitative estimate of drug-likeness (QED) is 0.361. The predicted molar refractivity (Wildman–Crippen MR) is 148 cm³/mol. The van der Waals surface area contributed by atoms with Crippen LogP contribution in [-0.4, -0.2) is 47.9 Å². The SMILES string of the molecule is CC(C)n1c(=O)n(C)c2cnc3[nH]c(C4=CN(CC(C)(C)O)NC4)c(-c4ccc(C5(C#N)CC5)cc4)c3c21. The highest BCUT2D eigenvalue weighted by atomic mass is 16.3. The molecule has 1 aliphatic heterocycles. The predicted octanol–water partition coefficient (Wildman–Crippen LogP) is 3.95. The number of aromatic nitrogens is 4. The Morgan fingerprint density at radius 3 is 2.55 bits per heavy atom. The van der Waals surface area contributed by atoms with Crippen LogP contribution in [0.25, 0.3) is 38.8 Å². The summed E-state index contributed by atoms with van der Waals surface area (Å²) < 4.78 is 3.50. The molecule has 3 aromatic heterocycles. The number of hydrogen-bond donors (Lipinski definition) is 3. The topological polar surface area (TPSA) is 115 Å². The molecular formula is C29H33N7O2. The van der Waals surface area contributed by atoms with Gasteiger partial charge in [-0.15, -0.1) is 0 Å². The Morgan fingerprint density at radius 2 is 1.95 bits per heavy atom. The lowest BCUT2D eigenvalue weighted by Gasteiger charge is -2.24. The van der Waals surface area contributed by atoms with Crippen molar-refractivity contribution in [2.45, 2.75) is 57.6 Å². The molecule has 1 saturated carbocycles. The first-order valence-electron chi connectivity index (χ1n) is 13.1. The van der Waals surface area contributed by atoms with Crippen molar-refractivity contribution in [1.82, 2.24) is 29.5 Å². The molecule has 0 atom stereocenters. The molecule has 1 aromatic carbocycles. The molecule has 4 heterocycles. The molecule has 6 rings (SSSR count). The molecule has 0 saturated heterocycles. The van der Waals surface area contributed by atoms with E-state index in [0.29, 0.717) is 18.7 Å². The molecule has 0 spiro atoms. The Kier molecular flexibility index (Phi) is 5.35. The highest BCUT2D eigenvalue weighted by Crippen LogP contribution is 2.48. The number of pyridine rings is 1. The summed E-state index contributed by atoms with van der Waals surface area (Å²) >= 11 is 0. The normalized spacial score (nSPS) is 17.0. The second-order valence-corrected chi connectivity index (χ2v) is 11.6. The van der Waals surface area contributed by atoms with Crippen molar-refractivity contribution < 1.29 is 5.11 Å². The smallest absolute Gasteiger partial charge is 0.329 e. The Bertz CT molecular complexity index is 1700. The van der Waals surface area contributed by atoms with Gasteiger partial charge in [-0.05, 0) is 51.7 Å². The summed E-state index contributed by atoms with van der Waals surface area (Å²) in [7, 11) is 1.79. The van der Waals surface area contributed by atoms with Gasteiger partial charge < -0.3 is 15.1 Å². The molecule has 196 valence electrons. The van der Waals surface area contributed by atoms with Crippen LogP contribution < -0.4 is 11.1 Å². The lowest BCUT2D eigenvalue weighted by Crippen LogP contribution is -2.40. The van der Waals surface area contributed by atoms with E-state index in [4.69, 9.17) is 4.98 Å². The second kappa shape index (κ2) is 8.32. The third kappa shape index (κ3) is 3.75. The Labute approximate surface area is 221 Å². The van der Waals surface area contributed by atoms with Gasteiger partial charge in [0, 0.05) is 37.0 Å². The summed E-state index contributed by atoms with van der Waals surface area (Å²) in [6, 6.07) is 10.7. The number of hydrazine groups is 1. The molecule has 4 aromatic rings. The molecule has 9 nitrogen and oxygen atoms in total. The first-order valence-corrected chi connectivity index (χ1v) is 13.1. The second-order valence-electron chi connectivity index (χ2n) is 11.6. The maximum absolute atomic E-state index is 13.3. The zero-order chi connectivity index (χ0) is 27.0. The molecule has 2 aliphatic rings. The van der Waals surface area contributed by atoms with Gasteiger partial charge in [-0.25, -0.2) is 15.2 Å². The number of aryl methyl sites for hydroxylation is 1. The van der Waals surface area contributed by atoms with Gasteiger partial charge in [0.25, 0.3) is 0 Å². The van der Waals surface area contributed by atoms with Crippen LogP contribution in [0.2, 0.25) is 0 Å². The van der Waals surface area contributed by atoms with Gasteiger partial charge in [0.1, 0.15) is 5.65 Å². The molecule has 0 unspecified atom stereocenters. The fourth-order valence-corrected chi connectivity index (χ4v) is 5.67. The summed E-state index contributed by atoms with van der Waals surface area (Å²) in [4.78, 5) is 21.6. The number of aromatic amines is 1. The summed E-state index contributed by atoms with van der Waals surface area (Å²) in [6.45, 7) is 8.62. The summed E-state index contributed by atoms with van der Waals surface area (Å²) in [5.74, 6) is 0. The van der Waals surface area contributed by atoms with Crippen LogP contribution in [-0.2, 0) is 12.5 Å². The molecule has 3 N–H and O–H groups in total. The van der Waals surface area contributed by atoms with Crippen molar-refractivity contribution in [3.63, 3.8) is 0 Å². The van der Waals surface area contributed by atoms with Crippen LogP contribution in [0.15, 0.2) is 41.5 Å². The number of β-amino-alcohol motifs (C(OH)–C–C–N with tert-alkyl or cyclic N) is 1. The number of benzene rings is 1.